The minimum atomic E-state index is 0.258. The Bertz CT molecular complexity index is 685. The van der Waals surface area contributed by atoms with Crippen molar-refractivity contribution in [2.75, 3.05) is 7.05 Å². The third-order valence-electron chi connectivity index (χ3n) is 3.38. The maximum Gasteiger partial charge on any atom is 0.100 e. The first-order valence-electron chi connectivity index (χ1n) is 6.35. The van der Waals surface area contributed by atoms with Crippen molar-refractivity contribution in [3.63, 3.8) is 0 Å². The number of aromatic nitrogens is 3. The zero-order valence-corrected chi connectivity index (χ0v) is 11.0. The van der Waals surface area contributed by atoms with Gasteiger partial charge in [-0.2, -0.15) is 0 Å². The van der Waals surface area contributed by atoms with E-state index in [1.807, 2.05) is 43.8 Å². The normalized spacial score (nSPS) is 12.7. The van der Waals surface area contributed by atoms with E-state index in [9.17, 15) is 0 Å². The number of pyridine rings is 1. The van der Waals surface area contributed by atoms with Crippen LogP contribution in [0.5, 0.6) is 0 Å². The average Bonchev–Trinajstić information content (AvgIpc) is 2.90. The molecule has 2 aromatic heterocycles. The molecule has 0 amide bonds. The summed E-state index contributed by atoms with van der Waals surface area (Å²) >= 11 is 0. The molecule has 96 valence electrons. The van der Waals surface area contributed by atoms with Gasteiger partial charge >= 0.3 is 0 Å². The topological polar surface area (TPSA) is 42.7 Å². The smallest absolute Gasteiger partial charge is 0.100 e. The molecule has 0 aliphatic carbocycles. The van der Waals surface area contributed by atoms with Crippen molar-refractivity contribution in [2.24, 2.45) is 0 Å². The van der Waals surface area contributed by atoms with Crippen molar-refractivity contribution in [1.82, 2.24) is 19.9 Å². The number of para-hydroxylation sites is 2. The minimum Gasteiger partial charge on any atom is -0.312 e. The number of rotatable bonds is 3. The van der Waals surface area contributed by atoms with Crippen LogP contribution in [0.4, 0.5) is 0 Å². The molecule has 0 saturated heterocycles. The van der Waals surface area contributed by atoms with E-state index in [-0.39, 0.29) is 6.04 Å². The van der Waals surface area contributed by atoms with Crippen molar-refractivity contribution < 1.29 is 0 Å². The Kier molecular flexibility index (Phi) is 3.01. The molecule has 4 heteroatoms. The van der Waals surface area contributed by atoms with Gasteiger partial charge in [0.2, 0.25) is 0 Å². The molecule has 1 N–H and O–H groups in total. The van der Waals surface area contributed by atoms with E-state index in [4.69, 9.17) is 0 Å². The Hall–Kier alpha value is -2.20. The summed E-state index contributed by atoms with van der Waals surface area (Å²) in [7, 11) is 1.93. The van der Waals surface area contributed by atoms with Gasteiger partial charge in [0.1, 0.15) is 6.33 Å². The summed E-state index contributed by atoms with van der Waals surface area (Å²) in [6.07, 6.45) is 3.72. The molecule has 0 aliphatic heterocycles. The second kappa shape index (κ2) is 4.82. The first-order valence-corrected chi connectivity index (χ1v) is 6.35. The number of fused-ring (bicyclic) bond motifs is 1. The van der Waals surface area contributed by atoms with E-state index >= 15 is 0 Å². The second-order valence-electron chi connectivity index (χ2n) is 4.55. The molecule has 3 rings (SSSR count). The Morgan fingerprint density at radius 3 is 2.68 bits per heavy atom. The average molecular weight is 252 g/mol. The van der Waals surface area contributed by atoms with Crippen LogP contribution in [-0.2, 0) is 0 Å². The van der Waals surface area contributed by atoms with Crippen LogP contribution in [0.3, 0.4) is 0 Å². The SMILES string of the molecule is CNC(C)c1ccc(-n2cnc3ccccc32)cn1. The van der Waals surface area contributed by atoms with Gasteiger partial charge in [-0.15, -0.1) is 0 Å². The summed E-state index contributed by atoms with van der Waals surface area (Å²) < 4.78 is 2.05. The minimum absolute atomic E-state index is 0.258. The lowest BCUT2D eigenvalue weighted by molar-refractivity contribution is 0.632. The summed E-state index contributed by atoms with van der Waals surface area (Å²) in [5.74, 6) is 0. The molecule has 0 spiro atoms. The molecule has 2 heterocycles. The van der Waals surface area contributed by atoms with Gasteiger partial charge in [0.25, 0.3) is 0 Å². The number of imidazole rings is 1. The lowest BCUT2D eigenvalue weighted by atomic mass is 10.2. The zero-order chi connectivity index (χ0) is 13.2. The van der Waals surface area contributed by atoms with Crippen molar-refractivity contribution in [1.29, 1.82) is 0 Å². The molecule has 0 aliphatic rings. The van der Waals surface area contributed by atoms with E-state index in [1.54, 1.807) is 0 Å². The largest absolute Gasteiger partial charge is 0.312 e. The van der Waals surface area contributed by atoms with Gasteiger partial charge in [-0.25, -0.2) is 4.98 Å². The van der Waals surface area contributed by atoms with Gasteiger partial charge in [-0.1, -0.05) is 12.1 Å². The van der Waals surface area contributed by atoms with Crippen molar-refractivity contribution in [3.05, 3.63) is 54.6 Å². The van der Waals surface area contributed by atoms with Crippen LogP contribution in [0.2, 0.25) is 0 Å². The first kappa shape index (κ1) is 11.9. The summed E-state index contributed by atoms with van der Waals surface area (Å²) in [5, 5.41) is 3.18. The highest BCUT2D eigenvalue weighted by atomic mass is 15.1. The van der Waals surface area contributed by atoms with Gasteiger partial charge in [0.15, 0.2) is 0 Å². The fourth-order valence-corrected chi connectivity index (χ4v) is 2.11. The zero-order valence-electron chi connectivity index (χ0n) is 11.0. The fourth-order valence-electron chi connectivity index (χ4n) is 2.11. The standard InChI is InChI=1S/C15H16N4/c1-11(16-2)13-8-7-12(9-17-13)19-10-18-14-5-3-4-6-15(14)19/h3-11,16H,1-2H3. The predicted molar refractivity (Wildman–Crippen MR) is 76.3 cm³/mol. The van der Waals surface area contributed by atoms with E-state index < -0.39 is 0 Å². The van der Waals surface area contributed by atoms with E-state index in [0.29, 0.717) is 0 Å². The van der Waals surface area contributed by atoms with Crippen LogP contribution in [0.25, 0.3) is 16.7 Å². The number of hydrogen-bond donors (Lipinski definition) is 1. The van der Waals surface area contributed by atoms with Gasteiger partial charge < -0.3 is 5.32 Å². The summed E-state index contributed by atoms with van der Waals surface area (Å²) in [4.78, 5) is 8.89. The number of nitrogens with one attached hydrogen (secondary N) is 1. The number of benzene rings is 1. The fraction of sp³-hybridized carbons (Fsp3) is 0.200. The lowest BCUT2D eigenvalue weighted by Gasteiger charge is -2.10. The molecule has 0 saturated carbocycles. The molecule has 0 fully saturated rings. The molecule has 19 heavy (non-hydrogen) atoms. The lowest BCUT2D eigenvalue weighted by Crippen LogP contribution is -2.13. The van der Waals surface area contributed by atoms with Gasteiger partial charge in [0.05, 0.1) is 28.6 Å². The molecule has 0 radical (unpaired) electrons. The maximum absolute atomic E-state index is 4.50. The van der Waals surface area contributed by atoms with Crippen molar-refractivity contribution >= 4 is 11.0 Å². The molecular formula is C15H16N4. The Balaban J connectivity index is 2.02. The van der Waals surface area contributed by atoms with Crippen LogP contribution >= 0.6 is 0 Å². The Morgan fingerprint density at radius 2 is 1.95 bits per heavy atom. The van der Waals surface area contributed by atoms with Crippen LogP contribution in [0, 0.1) is 0 Å². The molecule has 0 bridgehead atoms. The third kappa shape index (κ3) is 2.11. The van der Waals surface area contributed by atoms with Crippen molar-refractivity contribution in [2.45, 2.75) is 13.0 Å². The molecule has 3 aromatic rings. The highest BCUT2D eigenvalue weighted by molar-refractivity contribution is 5.77. The van der Waals surface area contributed by atoms with Crippen LogP contribution in [0.1, 0.15) is 18.7 Å². The van der Waals surface area contributed by atoms with Gasteiger partial charge in [-0.05, 0) is 38.2 Å². The van der Waals surface area contributed by atoms with E-state index in [1.165, 1.54) is 0 Å². The molecular weight excluding hydrogens is 236 g/mol. The summed E-state index contributed by atoms with van der Waals surface area (Å²) in [6.45, 7) is 2.09. The van der Waals surface area contributed by atoms with Crippen LogP contribution in [0.15, 0.2) is 48.9 Å². The van der Waals surface area contributed by atoms with Crippen LogP contribution < -0.4 is 5.32 Å². The van der Waals surface area contributed by atoms with Crippen molar-refractivity contribution in [3.8, 4) is 5.69 Å². The molecule has 1 unspecified atom stereocenters. The maximum atomic E-state index is 4.50. The predicted octanol–water partition coefficient (Wildman–Crippen LogP) is 2.70. The van der Waals surface area contributed by atoms with E-state index in [2.05, 4.69) is 38.9 Å². The summed E-state index contributed by atoms with van der Waals surface area (Å²) in [6, 6.07) is 12.5. The quantitative estimate of drug-likeness (QED) is 0.779. The van der Waals surface area contributed by atoms with Gasteiger partial charge in [0, 0.05) is 6.04 Å². The number of nitrogens with zero attached hydrogens (tertiary/aromatic N) is 3. The Morgan fingerprint density at radius 1 is 1.11 bits per heavy atom. The third-order valence-corrected chi connectivity index (χ3v) is 3.38. The summed E-state index contributed by atoms with van der Waals surface area (Å²) in [5.41, 5.74) is 4.16. The molecule has 1 aromatic carbocycles. The molecule has 4 nitrogen and oxygen atoms in total. The number of hydrogen-bond acceptors (Lipinski definition) is 3. The second-order valence-corrected chi connectivity index (χ2v) is 4.55. The monoisotopic (exact) mass is 252 g/mol. The highest BCUT2D eigenvalue weighted by Crippen LogP contribution is 2.18. The highest BCUT2D eigenvalue weighted by Gasteiger charge is 2.06. The first-order chi connectivity index (χ1) is 9.29. The van der Waals surface area contributed by atoms with E-state index in [0.717, 1.165) is 22.4 Å². The Labute approximate surface area is 112 Å². The molecule has 1 atom stereocenters. The van der Waals surface area contributed by atoms with Gasteiger partial charge in [-0.3, -0.25) is 9.55 Å². The van der Waals surface area contributed by atoms with Crippen LogP contribution in [-0.4, -0.2) is 21.6 Å².